The van der Waals surface area contributed by atoms with Gasteiger partial charge in [0.1, 0.15) is 0 Å². The van der Waals surface area contributed by atoms with Gasteiger partial charge in [-0.3, -0.25) is 9.59 Å². The fourth-order valence-electron chi connectivity index (χ4n) is 2.75. The molecule has 1 aromatic carbocycles. The van der Waals surface area contributed by atoms with Gasteiger partial charge in [-0.05, 0) is 49.9 Å². The van der Waals surface area contributed by atoms with E-state index in [1.54, 1.807) is 24.3 Å². The van der Waals surface area contributed by atoms with Crippen LogP contribution in [0.2, 0.25) is 0 Å². The maximum Gasteiger partial charge on any atom is 0.251 e. The summed E-state index contributed by atoms with van der Waals surface area (Å²) >= 11 is 0. The molecule has 2 amide bonds. The van der Waals surface area contributed by atoms with Crippen molar-refractivity contribution in [3.05, 3.63) is 29.8 Å². The molecule has 1 aliphatic heterocycles. The minimum atomic E-state index is -0.555. The first-order valence-corrected chi connectivity index (χ1v) is 8.13. The lowest BCUT2D eigenvalue weighted by Crippen LogP contribution is -2.46. The van der Waals surface area contributed by atoms with Crippen LogP contribution in [0.3, 0.4) is 0 Å². The molecule has 0 unspecified atom stereocenters. The SMILES string of the molecule is Cl.NCC1(C(=O)Nc2ccc(C(=O)NC3CC3)cc2)CCOCC1. The van der Waals surface area contributed by atoms with Crippen molar-refractivity contribution in [2.45, 2.75) is 31.7 Å². The minimum absolute atomic E-state index is 0. The molecule has 1 aromatic rings. The number of ether oxygens (including phenoxy) is 1. The first-order valence-electron chi connectivity index (χ1n) is 8.13. The van der Waals surface area contributed by atoms with Crippen molar-refractivity contribution >= 4 is 29.9 Å². The van der Waals surface area contributed by atoms with Crippen molar-refractivity contribution in [3.63, 3.8) is 0 Å². The van der Waals surface area contributed by atoms with Crippen LogP contribution in [-0.2, 0) is 9.53 Å². The average molecular weight is 354 g/mol. The predicted octanol–water partition coefficient (Wildman–Crippen LogP) is 1.69. The zero-order valence-corrected chi connectivity index (χ0v) is 14.4. The van der Waals surface area contributed by atoms with Crippen LogP contribution in [0.15, 0.2) is 24.3 Å². The number of nitrogens with two attached hydrogens (primary N) is 1. The Labute approximate surface area is 147 Å². The molecule has 24 heavy (non-hydrogen) atoms. The normalized spacial score (nSPS) is 19.0. The number of rotatable bonds is 5. The Hall–Kier alpha value is -1.63. The molecule has 1 aliphatic carbocycles. The molecule has 1 saturated heterocycles. The maximum absolute atomic E-state index is 12.6. The van der Waals surface area contributed by atoms with E-state index in [1.807, 2.05) is 0 Å². The molecular formula is C17H24ClN3O3. The lowest BCUT2D eigenvalue weighted by Gasteiger charge is -2.34. The number of carbonyl (C=O) groups is 2. The number of amides is 2. The molecule has 3 rings (SSSR count). The van der Waals surface area contributed by atoms with E-state index in [4.69, 9.17) is 10.5 Å². The van der Waals surface area contributed by atoms with Gasteiger partial charge in [0, 0.05) is 37.1 Å². The molecule has 2 aliphatic rings. The van der Waals surface area contributed by atoms with Gasteiger partial charge >= 0.3 is 0 Å². The lowest BCUT2D eigenvalue weighted by molar-refractivity contribution is -0.130. The van der Waals surface area contributed by atoms with Gasteiger partial charge < -0.3 is 21.1 Å². The smallest absolute Gasteiger partial charge is 0.251 e. The molecule has 0 bridgehead atoms. The van der Waals surface area contributed by atoms with Crippen LogP contribution in [0.4, 0.5) is 5.69 Å². The number of carbonyl (C=O) groups excluding carboxylic acids is 2. The number of hydrogen-bond acceptors (Lipinski definition) is 4. The molecule has 132 valence electrons. The van der Waals surface area contributed by atoms with Crippen LogP contribution in [0.1, 0.15) is 36.0 Å². The van der Waals surface area contributed by atoms with Crippen molar-refractivity contribution in [1.82, 2.24) is 5.32 Å². The van der Waals surface area contributed by atoms with Gasteiger partial charge in [-0.2, -0.15) is 0 Å². The van der Waals surface area contributed by atoms with E-state index in [9.17, 15) is 9.59 Å². The van der Waals surface area contributed by atoms with E-state index in [0.717, 1.165) is 12.8 Å². The summed E-state index contributed by atoms with van der Waals surface area (Å²) in [5.41, 5.74) is 6.57. The number of halogens is 1. The summed E-state index contributed by atoms with van der Waals surface area (Å²) in [5, 5.41) is 5.86. The van der Waals surface area contributed by atoms with E-state index in [-0.39, 0.29) is 24.2 Å². The van der Waals surface area contributed by atoms with E-state index >= 15 is 0 Å². The van der Waals surface area contributed by atoms with E-state index < -0.39 is 5.41 Å². The first kappa shape index (κ1) is 18.7. The van der Waals surface area contributed by atoms with Gasteiger partial charge in [0.25, 0.3) is 5.91 Å². The zero-order chi connectivity index (χ0) is 16.3. The minimum Gasteiger partial charge on any atom is -0.381 e. The molecule has 1 heterocycles. The summed E-state index contributed by atoms with van der Waals surface area (Å²) in [6.45, 7) is 1.43. The number of hydrogen-bond donors (Lipinski definition) is 3. The summed E-state index contributed by atoms with van der Waals surface area (Å²) in [6, 6.07) is 7.30. The van der Waals surface area contributed by atoms with Crippen LogP contribution < -0.4 is 16.4 Å². The molecule has 1 saturated carbocycles. The first-order chi connectivity index (χ1) is 11.1. The molecular weight excluding hydrogens is 330 g/mol. The lowest BCUT2D eigenvalue weighted by atomic mass is 9.79. The Morgan fingerprint density at radius 1 is 1.17 bits per heavy atom. The highest BCUT2D eigenvalue weighted by Gasteiger charge is 2.38. The topological polar surface area (TPSA) is 93.5 Å². The van der Waals surface area contributed by atoms with E-state index in [1.165, 1.54) is 0 Å². The van der Waals surface area contributed by atoms with E-state index in [0.29, 0.717) is 49.9 Å². The van der Waals surface area contributed by atoms with Gasteiger partial charge in [-0.25, -0.2) is 0 Å². The molecule has 0 aromatic heterocycles. The fraction of sp³-hybridized carbons (Fsp3) is 0.529. The fourth-order valence-corrected chi connectivity index (χ4v) is 2.75. The number of anilines is 1. The molecule has 6 nitrogen and oxygen atoms in total. The van der Waals surface area contributed by atoms with Gasteiger partial charge in [0.15, 0.2) is 0 Å². The third-order valence-electron chi connectivity index (χ3n) is 4.64. The van der Waals surface area contributed by atoms with Crippen LogP contribution in [0.5, 0.6) is 0 Å². The molecule has 0 radical (unpaired) electrons. The third kappa shape index (κ3) is 4.26. The Kier molecular flexibility index (Phi) is 6.21. The average Bonchev–Trinajstić information content (AvgIpc) is 3.40. The van der Waals surface area contributed by atoms with Crippen molar-refractivity contribution < 1.29 is 14.3 Å². The second-order valence-corrected chi connectivity index (χ2v) is 6.38. The van der Waals surface area contributed by atoms with E-state index in [2.05, 4.69) is 10.6 Å². The van der Waals surface area contributed by atoms with Gasteiger partial charge in [-0.1, -0.05) is 0 Å². The van der Waals surface area contributed by atoms with Gasteiger partial charge in [0.2, 0.25) is 5.91 Å². The van der Waals surface area contributed by atoms with Crippen LogP contribution >= 0.6 is 12.4 Å². The van der Waals surface area contributed by atoms with Crippen molar-refractivity contribution in [3.8, 4) is 0 Å². The molecule has 0 atom stereocenters. The maximum atomic E-state index is 12.6. The molecule has 7 heteroatoms. The van der Waals surface area contributed by atoms with Crippen molar-refractivity contribution in [1.29, 1.82) is 0 Å². The van der Waals surface area contributed by atoms with Crippen molar-refractivity contribution in [2.75, 3.05) is 25.1 Å². The number of benzene rings is 1. The standard InChI is InChI=1S/C17H23N3O3.ClH/c18-11-17(7-9-23-10-8-17)16(22)20-14-3-1-12(2-4-14)15(21)19-13-5-6-13;/h1-4,13H,5-11,18H2,(H,19,21)(H,20,22);1H. The Morgan fingerprint density at radius 2 is 1.79 bits per heavy atom. The zero-order valence-electron chi connectivity index (χ0n) is 13.5. The van der Waals surface area contributed by atoms with Gasteiger partial charge in [0.05, 0.1) is 5.41 Å². The quantitative estimate of drug-likeness (QED) is 0.751. The molecule has 2 fully saturated rings. The summed E-state index contributed by atoms with van der Waals surface area (Å²) in [7, 11) is 0. The second-order valence-electron chi connectivity index (χ2n) is 6.38. The molecule has 4 N–H and O–H groups in total. The Morgan fingerprint density at radius 3 is 2.33 bits per heavy atom. The molecule has 0 spiro atoms. The number of nitrogens with one attached hydrogen (secondary N) is 2. The van der Waals surface area contributed by atoms with Gasteiger partial charge in [-0.15, -0.1) is 12.4 Å². The highest BCUT2D eigenvalue weighted by Crippen LogP contribution is 2.31. The summed E-state index contributed by atoms with van der Waals surface area (Å²) in [4.78, 5) is 24.5. The summed E-state index contributed by atoms with van der Waals surface area (Å²) < 4.78 is 5.33. The third-order valence-corrected chi connectivity index (χ3v) is 4.64. The van der Waals surface area contributed by atoms with Crippen molar-refractivity contribution in [2.24, 2.45) is 11.1 Å². The largest absolute Gasteiger partial charge is 0.381 e. The Bertz CT molecular complexity index is 581. The predicted molar refractivity (Wildman–Crippen MR) is 94.3 cm³/mol. The summed E-state index contributed by atoms with van der Waals surface area (Å²) in [5.74, 6) is -0.133. The second kappa shape index (κ2) is 7.96. The monoisotopic (exact) mass is 353 g/mol. The Balaban J connectivity index is 0.00000208. The summed E-state index contributed by atoms with van der Waals surface area (Å²) in [6.07, 6.45) is 3.39. The highest BCUT2D eigenvalue weighted by atomic mass is 35.5. The van der Waals surface area contributed by atoms with Crippen LogP contribution in [0, 0.1) is 5.41 Å². The van der Waals surface area contributed by atoms with Crippen LogP contribution in [-0.4, -0.2) is 37.6 Å². The highest BCUT2D eigenvalue weighted by molar-refractivity contribution is 5.97. The van der Waals surface area contributed by atoms with Crippen LogP contribution in [0.25, 0.3) is 0 Å².